The first-order valence-corrected chi connectivity index (χ1v) is 9.47. The summed E-state index contributed by atoms with van der Waals surface area (Å²) in [6.45, 7) is 0.884. The molecule has 144 valence electrons. The third kappa shape index (κ3) is 5.07. The Morgan fingerprint density at radius 2 is 1.89 bits per heavy atom. The molecule has 1 aliphatic carbocycles. The number of hydrogen-bond donors (Lipinski definition) is 1. The van der Waals surface area contributed by atoms with Gasteiger partial charge in [0.15, 0.2) is 0 Å². The number of ether oxygens (including phenoxy) is 1. The summed E-state index contributed by atoms with van der Waals surface area (Å²) in [6.07, 6.45) is 3.56. The van der Waals surface area contributed by atoms with Gasteiger partial charge in [0.05, 0.1) is 7.11 Å². The van der Waals surface area contributed by atoms with Crippen LogP contribution in [0, 0.1) is 11.7 Å². The van der Waals surface area contributed by atoms with E-state index in [9.17, 15) is 9.18 Å². The van der Waals surface area contributed by atoms with Crippen LogP contribution >= 0.6 is 0 Å². The Labute approximate surface area is 160 Å². The van der Waals surface area contributed by atoms with Crippen molar-refractivity contribution in [3.63, 3.8) is 0 Å². The maximum Gasteiger partial charge on any atom is 0.226 e. The largest absolute Gasteiger partial charge is 0.496 e. The number of carbonyl (C=O) groups is 1. The minimum atomic E-state index is -0.278. The summed E-state index contributed by atoms with van der Waals surface area (Å²) in [5.74, 6) is 0.540. The van der Waals surface area contributed by atoms with Gasteiger partial charge in [-0.2, -0.15) is 0 Å². The van der Waals surface area contributed by atoms with Crippen LogP contribution in [0.4, 0.5) is 4.39 Å². The molecule has 2 aromatic rings. The van der Waals surface area contributed by atoms with Crippen molar-refractivity contribution in [3.05, 3.63) is 65.5 Å². The van der Waals surface area contributed by atoms with Crippen LogP contribution in [0.5, 0.6) is 5.75 Å². The molecule has 0 spiro atoms. The molecule has 2 aromatic carbocycles. The Kier molecular flexibility index (Phi) is 6.45. The molecule has 0 bridgehead atoms. The van der Waals surface area contributed by atoms with Gasteiger partial charge in [0.2, 0.25) is 5.91 Å². The van der Waals surface area contributed by atoms with E-state index in [1.54, 1.807) is 19.2 Å². The number of carbonyl (C=O) groups excluding carboxylic acids is 1. The van der Waals surface area contributed by atoms with Gasteiger partial charge in [-0.15, -0.1) is 0 Å². The molecule has 27 heavy (non-hydrogen) atoms. The fourth-order valence-corrected chi connectivity index (χ4v) is 3.77. The maximum absolute atomic E-state index is 13.3. The van der Waals surface area contributed by atoms with Crippen LogP contribution in [0.1, 0.15) is 36.8 Å². The highest BCUT2D eigenvalue weighted by Gasteiger charge is 2.29. The molecule has 0 saturated heterocycles. The first-order valence-electron chi connectivity index (χ1n) is 9.47. The van der Waals surface area contributed by atoms with Gasteiger partial charge in [0, 0.05) is 30.6 Å². The lowest BCUT2D eigenvalue weighted by atomic mass is 9.85. The third-order valence-electron chi connectivity index (χ3n) is 5.22. The lowest BCUT2D eigenvalue weighted by molar-refractivity contribution is -0.138. The quantitative estimate of drug-likeness (QED) is 0.839. The average molecular weight is 370 g/mol. The van der Waals surface area contributed by atoms with Crippen LogP contribution in [0.25, 0.3) is 0 Å². The van der Waals surface area contributed by atoms with Gasteiger partial charge in [-0.05, 0) is 43.0 Å². The summed E-state index contributed by atoms with van der Waals surface area (Å²) >= 11 is 0. The highest BCUT2D eigenvalue weighted by molar-refractivity contribution is 5.79. The first kappa shape index (κ1) is 19.4. The zero-order chi connectivity index (χ0) is 19.2. The molecule has 0 unspecified atom stereocenters. The number of para-hydroxylation sites is 1. The number of amides is 1. The molecule has 1 amide bonds. The van der Waals surface area contributed by atoms with Gasteiger partial charge in [0.1, 0.15) is 11.6 Å². The van der Waals surface area contributed by atoms with Gasteiger partial charge in [-0.3, -0.25) is 4.79 Å². The van der Waals surface area contributed by atoms with Crippen molar-refractivity contribution in [1.82, 2.24) is 4.90 Å². The van der Waals surface area contributed by atoms with Gasteiger partial charge < -0.3 is 15.4 Å². The molecule has 0 aliphatic heterocycles. The van der Waals surface area contributed by atoms with E-state index in [0.717, 1.165) is 42.6 Å². The predicted octanol–water partition coefficient (Wildman–Crippen LogP) is 3.88. The van der Waals surface area contributed by atoms with Gasteiger partial charge in [-0.1, -0.05) is 36.8 Å². The Balaban J connectivity index is 1.83. The van der Waals surface area contributed by atoms with E-state index in [4.69, 9.17) is 10.5 Å². The van der Waals surface area contributed by atoms with Crippen molar-refractivity contribution in [3.8, 4) is 5.75 Å². The van der Waals surface area contributed by atoms with Crippen LogP contribution in [-0.2, 0) is 17.9 Å². The highest BCUT2D eigenvalue weighted by Crippen LogP contribution is 2.28. The normalized spacial score (nSPS) is 19.5. The zero-order valence-electron chi connectivity index (χ0n) is 15.7. The number of nitrogens with two attached hydrogens (primary N) is 1. The molecule has 3 rings (SSSR count). The number of halogens is 1. The second kappa shape index (κ2) is 9.00. The van der Waals surface area contributed by atoms with E-state index in [-0.39, 0.29) is 23.7 Å². The number of nitrogens with zero attached hydrogens (tertiary/aromatic N) is 1. The number of hydrogen-bond acceptors (Lipinski definition) is 3. The van der Waals surface area contributed by atoms with Crippen molar-refractivity contribution >= 4 is 5.91 Å². The molecule has 0 radical (unpaired) electrons. The van der Waals surface area contributed by atoms with E-state index >= 15 is 0 Å². The molecule has 4 nitrogen and oxygen atoms in total. The summed E-state index contributed by atoms with van der Waals surface area (Å²) < 4.78 is 18.7. The smallest absolute Gasteiger partial charge is 0.226 e. The van der Waals surface area contributed by atoms with E-state index in [0.29, 0.717) is 13.1 Å². The fourth-order valence-electron chi connectivity index (χ4n) is 3.77. The molecule has 0 heterocycles. The van der Waals surface area contributed by atoms with Crippen LogP contribution < -0.4 is 10.5 Å². The van der Waals surface area contributed by atoms with Crippen LogP contribution in [0.3, 0.4) is 0 Å². The molecule has 0 aromatic heterocycles. The molecule has 2 atom stereocenters. The van der Waals surface area contributed by atoms with Crippen LogP contribution in [0.15, 0.2) is 48.5 Å². The molecular weight excluding hydrogens is 343 g/mol. The summed E-state index contributed by atoms with van der Waals surface area (Å²) in [7, 11) is 1.63. The summed E-state index contributed by atoms with van der Waals surface area (Å²) in [4.78, 5) is 15.1. The second-order valence-corrected chi connectivity index (χ2v) is 7.26. The minimum absolute atomic E-state index is 0.0519. The topological polar surface area (TPSA) is 55.6 Å². The first-order chi connectivity index (χ1) is 13.1. The van der Waals surface area contributed by atoms with Crippen molar-refractivity contribution in [2.45, 2.75) is 44.8 Å². The van der Waals surface area contributed by atoms with E-state index in [1.807, 2.05) is 29.2 Å². The second-order valence-electron chi connectivity index (χ2n) is 7.26. The average Bonchev–Trinajstić information content (AvgIpc) is 2.69. The van der Waals surface area contributed by atoms with E-state index < -0.39 is 0 Å². The zero-order valence-corrected chi connectivity index (χ0v) is 15.7. The molecule has 5 heteroatoms. The number of benzene rings is 2. The Bertz CT molecular complexity index is 763. The minimum Gasteiger partial charge on any atom is -0.496 e. The van der Waals surface area contributed by atoms with E-state index in [2.05, 4.69) is 0 Å². The number of rotatable bonds is 6. The third-order valence-corrected chi connectivity index (χ3v) is 5.22. The van der Waals surface area contributed by atoms with Crippen LogP contribution in [-0.4, -0.2) is 24.0 Å². The number of methoxy groups -OCH3 is 1. The molecule has 1 aliphatic rings. The van der Waals surface area contributed by atoms with Crippen molar-refractivity contribution in [2.75, 3.05) is 7.11 Å². The monoisotopic (exact) mass is 370 g/mol. The molecule has 1 saturated carbocycles. The standard InChI is InChI=1S/C22H27FN2O2/c1-27-21-8-3-2-5-18(21)15-25(14-16-9-11-19(23)12-10-16)22(26)17-6-4-7-20(24)13-17/h2-3,5,8-12,17,20H,4,6-7,13-15,24H2,1H3/t17-,20+/m0/s1. The highest BCUT2D eigenvalue weighted by atomic mass is 19.1. The molecule has 1 fully saturated rings. The predicted molar refractivity (Wildman–Crippen MR) is 104 cm³/mol. The lowest BCUT2D eigenvalue weighted by Gasteiger charge is -2.32. The van der Waals surface area contributed by atoms with Crippen LogP contribution in [0.2, 0.25) is 0 Å². The van der Waals surface area contributed by atoms with Crippen molar-refractivity contribution < 1.29 is 13.9 Å². The van der Waals surface area contributed by atoms with Gasteiger partial charge in [0.25, 0.3) is 0 Å². The van der Waals surface area contributed by atoms with Gasteiger partial charge >= 0.3 is 0 Å². The Hall–Kier alpha value is -2.40. The fraction of sp³-hybridized carbons (Fsp3) is 0.409. The van der Waals surface area contributed by atoms with E-state index in [1.165, 1.54) is 12.1 Å². The summed E-state index contributed by atoms with van der Waals surface area (Å²) in [6, 6.07) is 14.1. The maximum atomic E-state index is 13.3. The van der Waals surface area contributed by atoms with Crippen molar-refractivity contribution in [1.29, 1.82) is 0 Å². The summed E-state index contributed by atoms with van der Waals surface area (Å²) in [5.41, 5.74) is 7.95. The Morgan fingerprint density at radius 1 is 1.15 bits per heavy atom. The molecular formula is C22H27FN2O2. The van der Waals surface area contributed by atoms with Crippen molar-refractivity contribution in [2.24, 2.45) is 11.7 Å². The molecule has 2 N–H and O–H groups in total. The van der Waals surface area contributed by atoms with Gasteiger partial charge in [-0.25, -0.2) is 4.39 Å². The SMILES string of the molecule is COc1ccccc1CN(Cc1ccc(F)cc1)C(=O)[C@H]1CCC[C@@H](N)C1. The lowest BCUT2D eigenvalue weighted by Crippen LogP contribution is -2.40. The summed E-state index contributed by atoms with van der Waals surface area (Å²) in [5, 5.41) is 0. The Morgan fingerprint density at radius 3 is 2.59 bits per heavy atom.